The Morgan fingerprint density at radius 1 is 1.27 bits per heavy atom. The van der Waals surface area contributed by atoms with Crippen molar-refractivity contribution in [1.82, 2.24) is 5.32 Å². The normalized spacial score (nSPS) is 25.1. The molecular formula is C13H14FN. The molecule has 0 aliphatic heterocycles. The summed E-state index contributed by atoms with van der Waals surface area (Å²) in [5.74, 6) is -1.38. The van der Waals surface area contributed by atoms with Crippen molar-refractivity contribution in [2.45, 2.75) is 12.2 Å². The van der Waals surface area contributed by atoms with E-state index >= 15 is 0 Å². The second kappa shape index (κ2) is 3.99. The van der Waals surface area contributed by atoms with Crippen molar-refractivity contribution in [2.75, 3.05) is 7.05 Å². The standard InChI is InChI=1S/C13H14FN/c1-15-13(14)9-7-12(8-10-13)11-5-3-2-4-6-11/h2-9,15H,10H2,1H3. The van der Waals surface area contributed by atoms with Crippen LogP contribution in [0.2, 0.25) is 0 Å². The maximum atomic E-state index is 13.7. The van der Waals surface area contributed by atoms with E-state index in [1.807, 2.05) is 42.5 Å². The molecule has 1 aliphatic rings. The molecule has 78 valence electrons. The largest absolute Gasteiger partial charge is 0.285 e. The molecule has 1 aromatic carbocycles. The average molecular weight is 203 g/mol. The molecule has 2 heteroatoms. The van der Waals surface area contributed by atoms with Gasteiger partial charge in [0, 0.05) is 6.42 Å². The minimum atomic E-state index is -1.38. The van der Waals surface area contributed by atoms with E-state index in [0.29, 0.717) is 6.42 Å². The Kier molecular flexibility index (Phi) is 2.69. The summed E-state index contributed by atoms with van der Waals surface area (Å²) >= 11 is 0. The minimum absolute atomic E-state index is 0.379. The van der Waals surface area contributed by atoms with Crippen LogP contribution in [0.25, 0.3) is 5.57 Å². The molecule has 1 atom stereocenters. The van der Waals surface area contributed by atoms with Crippen molar-refractivity contribution in [3.05, 3.63) is 54.1 Å². The number of allylic oxidation sites excluding steroid dienone is 2. The number of hydrogen-bond acceptors (Lipinski definition) is 1. The highest BCUT2D eigenvalue weighted by Gasteiger charge is 2.24. The predicted octanol–water partition coefficient (Wildman–Crippen LogP) is 2.92. The topological polar surface area (TPSA) is 12.0 Å². The SMILES string of the molecule is CNC1(F)C=CC(c2ccccc2)=CC1. The fourth-order valence-corrected chi connectivity index (χ4v) is 1.65. The third-order valence-electron chi connectivity index (χ3n) is 2.67. The molecule has 1 aromatic rings. The highest BCUT2D eigenvalue weighted by atomic mass is 19.1. The lowest BCUT2D eigenvalue weighted by Gasteiger charge is -2.23. The van der Waals surface area contributed by atoms with Crippen LogP contribution in [0.4, 0.5) is 4.39 Å². The van der Waals surface area contributed by atoms with Crippen molar-refractivity contribution in [3.8, 4) is 0 Å². The smallest absolute Gasteiger partial charge is 0.183 e. The molecule has 0 saturated heterocycles. The molecule has 0 aromatic heterocycles. The summed E-state index contributed by atoms with van der Waals surface area (Å²) in [6.45, 7) is 0. The van der Waals surface area contributed by atoms with E-state index in [2.05, 4.69) is 5.32 Å². The first-order valence-corrected chi connectivity index (χ1v) is 5.06. The quantitative estimate of drug-likeness (QED) is 0.729. The molecule has 0 saturated carbocycles. The zero-order valence-corrected chi connectivity index (χ0v) is 8.70. The zero-order valence-electron chi connectivity index (χ0n) is 8.70. The first-order chi connectivity index (χ1) is 7.23. The molecule has 0 amide bonds. The van der Waals surface area contributed by atoms with Gasteiger partial charge in [-0.3, -0.25) is 5.32 Å². The molecule has 0 fully saturated rings. The van der Waals surface area contributed by atoms with Crippen LogP contribution >= 0.6 is 0 Å². The summed E-state index contributed by atoms with van der Waals surface area (Å²) < 4.78 is 13.7. The van der Waals surface area contributed by atoms with Crippen molar-refractivity contribution in [3.63, 3.8) is 0 Å². The van der Waals surface area contributed by atoms with Gasteiger partial charge >= 0.3 is 0 Å². The summed E-state index contributed by atoms with van der Waals surface area (Å²) in [5.41, 5.74) is 2.21. The molecule has 0 radical (unpaired) electrons. The molecule has 0 bridgehead atoms. The fourth-order valence-electron chi connectivity index (χ4n) is 1.65. The van der Waals surface area contributed by atoms with E-state index in [0.717, 1.165) is 11.1 Å². The Labute approximate surface area is 89.3 Å². The number of nitrogens with one attached hydrogen (secondary N) is 1. The van der Waals surface area contributed by atoms with E-state index in [1.165, 1.54) is 0 Å². The van der Waals surface area contributed by atoms with E-state index in [9.17, 15) is 4.39 Å². The molecule has 1 N–H and O–H groups in total. The monoisotopic (exact) mass is 203 g/mol. The Bertz CT molecular complexity index is 394. The lowest BCUT2D eigenvalue weighted by atomic mass is 9.96. The van der Waals surface area contributed by atoms with Crippen LogP contribution in [0.5, 0.6) is 0 Å². The first kappa shape index (κ1) is 10.1. The molecule has 0 spiro atoms. The number of likely N-dealkylation sites (N-methyl/N-ethyl adjacent to an activating group) is 1. The van der Waals surface area contributed by atoms with Gasteiger partial charge in [0.05, 0.1) is 0 Å². The molecule has 1 aliphatic carbocycles. The van der Waals surface area contributed by atoms with E-state index < -0.39 is 5.79 Å². The van der Waals surface area contributed by atoms with Crippen LogP contribution in [0.1, 0.15) is 12.0 Å². The number of halogens is 1. The van der Waals surface area contributed by atoms with Gasteiger partial charge in [-0.15, -0.1) is 0 Å². The lowest BCUT2D eigenvalue weighted by Crippen LogP contribution is -2.36. The van der Waals surface area contributed by atoms with Crippen LogP contribution in [-0.4, -0.2) is 12.8 Å². The number of rotatable bonds is 2. The Balaban J connectivity index is 2.20. The third-order valence-corrected chi connectivity index (χ3v) is 2.67. The van der Waals surface area contributed by atoms with Gasteiger partial charge in [-0.05, 0) is 24.3 Å². The van der Waals surface area contributed by atoms with Gasteiger partial charge in [0.2, 0.25) is 0 Å². The molecule has 2 rings (SSSR count). The second-order valence-corrected chi connectivity index (χ2v) is 3.68. The van der Waals surface area contributed by atoms with Gasteiger partial charge in [-0.1, -0.05) is 42.5 Å². The minimum Gasteiger partial charge on any atom is -0.285 e. The van der Waals surface area contributed by atoms with Crippen molar-refractivity contribution in [2.24, 2.45) is 0 Å². The van der Waals surface area contributed by atoms with Gasteiger partial charge in [-0.2, -0.15) is 0 Å². The Hall–Kier alpha value is -1.41. The molecule has 1 nitrogen and oxygen atoms in total. The maximum absolute atomic E-state index is 13.7. The van der Waals surface area contributed by atoms with Gasteiger partial charge in [0.1, 0.15) is 0 Å². The van der Waals surface area contributed by atoms with Crippen LogP contribution in [0.3, 0.4) is 0 Å². The Morgan fingerprint density at radius 2 is 2.00 bits per heavy atom. The molecule has 0 heterocycles. The highest BCUT2D eigenvalue weighted by Crippen LogP contribution is 2.27. The zero-order chi connectivity index (χ0) is 10.7. The van der Waals surface area contributed by atoms with Crippen molar-refractivity contribution >= 4 is 5.57 Å². The van der Waals surface area contributed by atoms with Gasteiger partial charge in [0.25, 0.3) is 0 Å². The molecule has 15 heavy (non-hydrogen) atoms. The van der Waals surface area contributed by atoms with Gasteiger partial charge in [0.15, 0.2) is 5.79 Å². The predicted molar refractivity (Wildman–Crippen MR) is 61.1 cm³/mol. The summed E-state index contributed by atoms with van der Waals surface area (Å²) in [5, 5.41) is 2.65. The second-order valence-electron chi connectivity index (χ2n) is 3.68. The van der Waals surface area contributed by atoms with Gasteiger partial charge < -0.3 is 0 Å². The average Bonchev–Trinajstić information content (AvgIpc) is 2.31. The van der Waals surface area contributed by atoms with Gasteiger partial charge in [-0.25, -0.2) is 4.39 Å². The number of benzene rings is 1. The Morgan fingerprint density at radius 3 is 2.53 bits per heavy atom. The van der Waals surface area contributed by atoms with Crippen molar-refractivity contribution in [1.29, 1.82) is 0 Å². The molecule has 1 unspecified atom stereocenters. The van der Waals surface area contributed by atoms with E-state index in [1.54, 1.807) is 13.1 Å². The van der Waals surface area contributed by atoms with Crippen LogP contribution in [0, 0.1) is 0 Å². The molecular weight excluding hydrogens is 189 g/mol. The summed E-state index contributed by atoms with van der Waals surface area (Å²) in [7, 11) is 1.63. The first-order valence-electron chi connectivity index (χ1n) is 5.06. The summed E-state index contributed by atoms with van der Waals surface area (Å²) in [4.78, 5) is 0. The number of alkyl halides is 1. The van der Waals surface area contributed by atoms with E-state index in [4.69, 9.17) is 0 Å². The van der Waals surface area contributed by atoms with Crippen molar-refractivity contribution < 1.29 is 4.39 Å². The van der Waals surface area contributed by atoms with Crippen LogP contribution < -0.4 is 5.32 Å². The maximum Gasteiger partial charge on any atom is 0.183 e. The lowest BCUT2D eigenvalue weighted by molar-refractivity contribution is 0.192. The third kappa shape index (κ3) is 2.16. The van der Waals surface area contributed by atoms with E-state index in [-0.39, 0.29) is 0 Å². The summed E-state index contributed by atoms with van der Waals surface area (Å²) in [6, 6.07) is 10.0. The number of hydrogen-bond donors (Lipinski definition) is 1. The van der Waals surface area contributed by atoms with Crippen LogP contribution in [0.15, 0.2) is 48.6 Å². The fraction of sp³-hybridized carbons (Fsp3) is 0.231. The van der Waals surface area contributed by atoms with Crippen LogP contribution in [-0.2, 0) is 0 Å². The summed E-state index contributed by atoms with van der Waals surface area (Å²) in [6.07, 6.45) is 5.71. The highest BCUT2D eigenvalue weighted by molar-refractivity contribution is 5.75.